The first-order valence-corrected chi connectivity index (χ1v) is 4.35. The van der Waals surface area contributed by atoms with Crippen molar-refractivity contribution in [2.24, 2.45) is 0 Å². The molecule has 1 fully saturated rings. The van der Waals surface area contributed by atoms with Crippen molar-refractivity contribution in [2.45, 2.75) is 31.8 Å². The normalized spacial score (nSPS) is 32.6. The van der Waals surface area contributed by atoms with E-state index in [0.29, 0.717) is 13.2 Å². The van der Waals surface area contributed by atoms with E-state index in [2.05, 4.69) is 5.32 Å². The molecular weight excluding hydrogens is 170 g/mol. The van der Waals surface area contributed by atoms with E-state index < -0.39 is 5.54 Å². The standard InChI is InChI=1S/C9H17NO3/c1-8(2)5-13-6-9(3,10-8)7(11)12-4/h10H,5-6H2,1-4H3. The first-order valence-electron chi connectivity index (χ1n) is 4.35. The van der Waals surface area contributed by atoms with Crippen molar-refractivity contribution < 1.29 is 14.3 Å². The Labute approximate surface area is 78.6 Å². The molecule has 76 valence electrons. The minimum atomic E-state index is -0.712. The number of carbonyl (C=O) groups is 1. The van der Waals surface area contributed by atoms with Crippen LogP contribution in [0.15, 0.2) is 0 Å². The van der Waals surface area contributed by atoms with E-state index in [1.54, 1.807) is 6.92 Å². The summed E-state index contributed by atoms with van der Waals surface area (Å²) in [5.74, 6) is -0.278. The van der Waals surface area contributed by atoms with Crippen LogP contribution in [0.5, 0.6) is 0 Å². The Morgan fingerprint density at radius 1 is 1.38 bits per heavy atom. The van der Waals surface area contributed by atoms with Crippen LogP contribution < -0.4 is 5.32 Å². The van der Waals surface area contributed by atoms with Crippen LogP contribution in [0.3, 0.4) is 0 Å². The van der Waals surface area contributed by atoms with Gasteiger partial charge in [0, 0.05) is 5.54 Å². The molecule has 1 N–H and O–H groups in total. The number of ether oxygens (including phenoxy) is 2. The van der Waals surface area contributed by atoms with Gasteiger partial charge in [0.1, 0.15) is 5.54 Å². The molecule has 0 aliphatic carbocycles. The molecule has 4 nitrogen and oxygen atoms in total. The molecule has 0 aromatic carbocycles. The molecule has 0 spiro atoms. The lowest BCUT2D eigenvalue weighted by Crippen LogP contribution is -2.66. The van der Waals surface area contributed by atoms with Crippen LogP contribution in [-0.4, -0.2) is 37.4 Å². The summed E-state index contributed by atoms with van der Waals surface area (Å²) in [7, 11) is 1.39. The Kier molecular flexibility index (Phi) is 2.63. The average molecular weight is 187 g/mol. The summed E-state index contributed by atoms with van der Waals surface area (Å²) in [6, 6.07) is 0. The Bertz CT molecular complexity index is 215. The third-order valence-electron chi connectivity index (χ3n) is 2.10. The van der Waals surface area contributed by atoms with E-state index in [4.69, 9.17) is 9.47 Å². The lowest BCUT2D eigenvalue weighted by molar-refractivity contribution is -0.156. The minimum absolute atomic E-state index is 0.179. The number of nitrogens with one attached hydrogen (secondary N) is 1. The van der Waals surface area contributed by atoms with Crippen LogP contribution in [0, 0.1) is 0 Å². The van der Waals surface area contributed by atoms with Crippen LogP contribution in [0.1, 0.15) is 20.8 Å². The summed E-state index contributed by atoms with van der Waals surface area (Å²) in [6.07, 6.45) is 0. The number of esters is 1. The first-order chi connectivity index (χ1) is 5.90. The van der Waals surface area contributed by atoms with Gasteiger partial charge in [0.15, 0.2) is 0 Å². The quantitative estimate of drug-likeness (QED) is 0.600. The van der Waals surface area contributed by atoms with Crippen LogP contribution in [-0.2, 0) is 14.3 Å². The maximum absolute atomic E-state index is 11.4. The van der Waals surface area contributed by atoms with Gasteiger partial charge >= 0.3 is 5.97 Å². The van der Waals surface area contributed by atoms with Crippen molar-refractivity contribution in [1.82, 2.24) is 5.32 Å². The molecule has 0 aromatic rings. The fraction of sp³-hybridized carbons (Fsp3) is 0.889. The summed E-state index contributed by atoms with van der Waals surface area (Å²) >= 11 is 0. The van der Waals surface area contributed by atoms with Crippen molar-refractivity contribution >= 4 is 5.97 Å². The maximum Gasteiger partial charge on any atom is 0.328 e. The lowest BCUT2D eigenvalue weighted by Gasteiger charge is -2.42. The molecule has 13 heavy (non-hydrogen) atoms. The highest BCUT2D eigenvalue weighted by molar-refractivity contribution is 5.80. The highest BCUT2D eigenvalue weighted by Crippen LogP contribution is 2.19. The molecule has 0 bridgehead atoms. The first kappa shape index (κ1) is 10.5. The minimum Gasteiger partial charge on any atom is -0.468 e. The van der Waals surface area contributed by atoms with Crippen molar-refractivity contribution in [3.05, 3.63) is 0 Å². The third kappa shape index (κ3) is 2.19. The smallest absolute Gasteiger partial charge is 0.328 e. The van der Waals surface area contributed by atoms with Crippen LogP contribution in [0.2, 0.25) is 0 Å². The summed E-state index contributed by atoms with van der Waals surface area (Å²) < 4.78 is 10.1. The van der Waals surface area contributed by atoms with Gasteiger partial charge in [-0.2, -0.15) is 0 Å². The van der Waals surface area contributed by atoms with E-state index in [1.165, 1.54) is 7.11 Å². The zero-order chi connectivity index (χ0) is 10.1. The molecule has 1 unspecified atom stereocenters. The summed E-state index contributed by atoms with van der Waals surface area (Å²) in [5.41, 5.74) is -0.891. The molecule has 1 saturated heterocycles. The largest absolute Gasteiger partial charge is 0.468 e. The summed E-state index contributed by atoms with van der Waals surface area (Å²) in [4.78, 5) is 11.4. The van der Waals surface area contributed by atoms with Crippen molar-refractivity contribution in [3.63, 3.8) is 0 Å². The number of rotatable bonds is 1. The molecule has 0 aromatic heterocycles. The number of morpholine rings is 1. The number of methoxy groups -OCH3 is 1. The highest BCUT2D eigenvalue weighted by atomic mass is 16.5. The van der Waals surface area contributed by atoms with Crippen LogP contribution in [0.25, 0.3) is 0 Å². The molecule has 1 rings (SSSR count). The van der Waals surface area contributed by atoms with E-state index in [-0.39, 0.29) is 11.5 Å². The van der Waals surface area contributed by atoms with Crippen molar-refractivity contribution in [3.8, 4) is 0 Å². The topological polar surface area (TPSA) is 47.6 Å². The Hall–Kier alpha value is -0.610. The fourth-order valence-corrected chi connectivity index (χ4v) is 1.66. The van der Waals surface area contributed by atoms with E-state index in [1.807, 2.05) is 13.8 Å². The Morgan fingerprint density at radius 3 is 2.46 bits per heavy atom. The average Bonchev–Trinajstić information content (AvgIpc) is 2.00. The van der Waals surface area contributed by atoms with Gasteiger partial charge in [-0.3, -0.25) is 5.32 Å². The van der Waals surface area contributed by atoms with Crippen molar-refractivity contribution in [1.29, 1.82) is 0 Å². The monoisotopic (exact) mass is 187 g/mol. The molecule has 1 aliphatic heterocycles. The second kappa shape index (κ2) is 3.27. The molecule has 0 radical (unpaired) electrons. The van der Waals surface area contributed by atoms with Gasteiger partial charge in [-0.15, -0.1) is 0 Å². The predicted octanol–water partition coefficient (Wildman–Crippen LogP) is 0.316. The van der Waals surface area contributed by atoms with E-state index >= 15 is 0 Å². The zero-order valence-electron chi connectivity index (χ0n) is 8.64. The molecule has 0 saturated carbocycles. The maximum atomic E-state index is 11.4. The molecule has 1 aliphatic rings. The number of carbonyl (C=O) groups excluding carboxylic acids is 1. The van der Waals surface area contributed by atoms with Gasteiger partial charge in [0.25, 0.3) is 0 Å². The zero-order valence-corrected chi connectivity index (χ0v) is 8.64. The molecular formula is C9H17NO3. The van der Waals surface area contributed by atoms with Gasteiger partial charge in [-0.05, 0) is 20.8 Å². The molecule has 4 heteroatoms. The van der Waals surface area contributed by atoms with E-state index in [0.717, 1.165) is 0 Å². The van der Waals surface area contributed by atoms with Crippen LogP contribution in [0.4, 0.5) is 0 Å². The molecule has 0 amide bonds. The SMILES string of the molecule is COC(=O)C1(C)COCC(C)(C)N1. The fourth-order valence-electron chi connectivity index (χ4n) is 1.66. The summed E-state index contributed by atoms with van der Waals surface area (Å²) in [6.45, 7) is 6.75. The number of hydrogen-bond donors (Lipinski definition) is 1. The Balaban J connectivity index is 2.74. The Morgan fingerprint density at radius 2 is 2.00 bits per heavy atom. The lowest BCUT2D eigenvalue weighted by atomic mass is 9.94. The van der Waals surface area contributed by atoms with Crippen LogP contribution >= 0.6 is 0 Å². The summed E-state index contributed by atoms with van der Waals surface area (Å²) in [5, 5.41) is 3.22. The number of hydrogen-bond acceptors (Lipinski definition) is 4. The highest BCUT2D eigenvalue weighted by Gasteiger charge is 2.42. The van der Waals surface area contributed by atoms with Gasteiger partial charge in [0.2, 0.25) is 0 Å². The molecule has 1 heterocycles. The second-order valence-electron chi connectivity index (χ2n) is 4.33. The van der Waals surface area contributed by atoms with Gasteiger partial charge in [-0.1, -0.05) is 0 Å². The van der Waals surface area contributed by atoms with Gasteiger partial charge in [-0.25, -0.2) is 4.79 Å². The second-order valence-corrected chi connectivity index (χ2v) is 4.33. The van der Waals surface area contributed by atoms with Crippen molar-refractivity contribution in [2.75, 3.05) is 20.3 Å². The van der Waals surface area contributed by atoms with Gasteiger partial charge in [0.05, 0.1) is 20.3 Å². The third-order valence-corrected chi connectivity index (χ3v) is 2.10. The van der Waals surface area contributed by atoms with Gasteiger partial charge < -0.3 is 9.47 Å². The predicted molar refractivity (Wildman–Crippen MR) is 48.5 cm³/mol. The van der Waals surface area contributed by atoms with E-state index in [9.17, 15) is 4.79 Å². The molecule has 1 atom stereocenters.